The van der Waals surface area contributed by atoms with Crippen molar-refractivity contribution in [3.8, 4) is 0 Å². The molecule has 0 aliphatic heterocycles. The third-order valence-corrected chi connectivity index (χ3v) is 7.60. The van der Waals surface area contributed by atoms with Gasteiger partial charge < -0.3 is 0 Å². The molecule has 0 spiro atoms. The lowest BCUT2D eigenvalue weighted by Gasteiger charge is -2.07. The number of sulfonamides is 1. The van der Waals surface area contributed by atoms with Crippen molar-refractivity contribution < 1.29 is 13.2 Å². The number of rotatable bonds is 8. The number of nitrogens with zero attached hydrogens (tertiary/aromatic N) is 2. The van der Waals surface area contributed by atoms with E-state index in [0.29, 0.717) is 12.0 Å². The van der Waals surface area contributed by atoms with E-state index in [1.807, 2.05) is 31.2 Å². The Morgan fingerprint density at radius 1 is 1.00 bits per heavy atom. The van der Waals surface area contributed by atoms with Crippen LogP contribution in [0.2, 0.25) is 0 Å². The molecule has 32 heavy (non-hydrogen) atoms. The summed E-state index contributed by atoms with van der Waals surface area (Å²) < 4.78 is 27.5. The summed E-state index contributed by atoms with van der Waals surface area (Å²) in [5, 5.41) is 12.6. The molecule has 9 heteroatoms. The Balaban J connectivity index is 1.34. The first kappa shape index (κ1) is 22.1. The minimum Gasteiger partial charge on any atom is -0.296 e. The Bertz CT molecular complexity index is 1360. The monoisotopic (exact) mass is 466 g/mol. The predicted octanol–water partition coefficient (Wildman–Crippen LogP) is 4.16. The van der Waals surface area contributed by atoms with Crippen LogP contribution in [0.15, 0.2) is 71.1 Å². The summed E-state index contributed by atoms with van der Waals surface area (Å²) in [5.41, 5.74) is 2.60. The summed E-state index contributed by atoms with van der Waals surface area (Å²) in [7, 11) is -3.80. The lowest BCUT2D eigenvalue weighted by Crippen LogP contribution is -2.25. The van der Waals surface area contributed by atoms with Gasteiger partial charge in [0.2, 0.25) is 9.47 Å². The summed E-state index contributed by atoms with van der Waals surface area (Å²) in [6.07, 6.45) is 1.39. The van der Waals surface area contributed by atoms with Crippen LogP contribution in [0.1, 0.15) is 27.9 Å². The van der Waals surface area contributed by atoms with E-state index < -0.39 is 10.0 Å². The van der Waals surface area contributed by atoms with Crippen LogP contribution in [-0.4, -0.2) is 31.1 Å². The van der Waals surface area contributed by atoms with Gasteiger partial charge in [-0.3, -0.25) is 10.1 Å². The quantitative estimate of drug-likeness (QED) is 0.300. The molecule has 0 saturated heterocycles. The molecule has 164 valence electrons. The number of hydrogen-bond acceptors (Lipinski definition) is 6. The van der Waals surface area contributed by atoms with Gasteiger partial charge in [-0.15, -0.1) is 10.2 Å². The minimum absolute atomic E-state index is 0.132. The van der Waals surface area contributed by atoms with Gasteiger partial charge in [0.25, 0.3) is 15.9 Å². The van der Waals surface area contributed by atoms with Crippen molar-refractivity contribution in [1.29, 1.82) is 0 Å². The van der Waals surface area contributed by atoms with Gasteiger partial charge in [0.1, 0.15) is 0 Å². The highest BCUT2D eigenvalue weighted by Gasteiger charge is 2.20. The van der Waals surface area contributed by atoms with E-state index in [4.69, 9.17) is 0 Å². The summed E-state index contributed by atoms with van der Waals surface area (Å²) in [6.45, 7) is 2.16. The number of hydrogen-bond donors (Lipinski definition) is 2. The van der Waals surface area contributed by atoms with Crippen molar-refractivity contribution in [2.75, 3.05) is 11.9 Å². The molecule has 4 rings (SSSR count). The van der Waals surface area contributed by atoms with E-state index in [9.17, 15) is 13.2 Å². The molecule has 1 amide bonds. The molecule has 7 nitrogen and oxygen atoms in total. The van der Waals surface area contributed by atoms with E-state index in [1.165, 1.54) is 16.3 Å². The maximum Gasteiger partial charge on any atom is 0.269 e. The first-order valence-electron chi connectivity index (χ1n) is 10.1. The number of carbonyl (C=O) groups is 1. The Hall–Kier alpha value is -3.14. The number of carbonyl (C=O) groups excluding carboxylic acids is 1. The van der Waals surface area contributed by atoms with Crippen molar-refractivity contribution in [3.05, 3.63) is 83.4 Å². The molecule has 1 aromatic heterocycles. The number of fused-ring (bicyclic) bond motifs is 1. The molecular formula is C23H22N4O3S2. The molecule has 3 aromatic carbocycles. The molecule has 4 aromatic rings. The molecule has 0 atom stereocenters. The molecule has 0 aliphatic carbocycles. The number of benzene rings is 3. The minimum atomic E-state index is -3.80. The Kier molecular flexibility index (Phi) is 6.59. The smallest absolute Gasteiger partial charge is 0.269 e. The van der Waals surface area contributed by atoms with Crippen molar-refractivity contribution >= 4 is 43.2 Å². The van der Waals surface area contributed by atoms with E-state index >= 15 is 0 Å². The average molecular weight is 467 g/mol. The van der Waals surface area contributed by atoms with Gasteiger partial charge in [0.15, 0.2) is 0 Å². The predicted molar refractivity (Wildman–Crippen MR) is 126 cm³/mol. The van der Waals surface area contributed by atoms with Crippen LogP contribution in [0.4, 0.5) is 5.13 Å². The van der Waals surface area contributed by atoms with Crippen LogP contribution in [-0.2, 0) is 16.4 Å². The lowest BCUT2D eigenvalue weighted by atomic mass is 10.0. The number of aryl methyl sites for hydroxylation is 2. The third-order valence-electron chi connectivity index (χ3n) is 4.93. The highest BCUT2D eigenvalue weighted by molar-refractivity contribution is 7.91. The fraction of sp³-hybridized carbons (Fsp3) is 0.174. The second kappa shape index (κ2) is 9.56. The molecule has 0 saturated carbocycles. The molecule has 0 unspecified atom stereocenters. The van der Waals surface area contributed by atoms with Crippen molar-refractivity contribution in [2.24, 2.45) is 0 Å². The van der Waals surface area contributed by atoms with Crippen LogP contribution in [0.25, 0.3) is 10.8 Å². The Morgan fingerprint density at radius 2 is 1.78 bits per heavy atom. The van der Waals surface area contributed by atoms with E-state index in [2.05, 4.69) is 44.5 Å². The third kappa shape index (κ3) is 5.18. The van der Waals surface area contributed by atoms with Crippen LogP contribution in [0, 0.1) is 6.92 Å². The maximum atomic E-state index is 12.6. The first-order valence-corrected chi connectivity index (χ1v) is 12.4. The standard InChI is InChI=1S/C23H22N4O3S2/c1-16-7-4-11-19(15-16)21(28)25-22-26-27-23(31-22)32(29,30)24-14-6-12-18-10-5-9-17-8-2-3-13-20(17)18/h2-5,7-11,13,15,24H,6,12,14H2,1H3,(H,25,26,28). The summed E-state index contributed by atoms with van der Waals surface area (Å²) >= 11 is 0.819. The SMILES string of the molecule is Cc1cccc(C(=O)Nc2nnc(S(=O)(=O)NCCCc3cccc4ccccc34)s2)c1. The second-order valence-corrected chi connectivity index (χ2v) is 10.3. The molecular weight excluding hydrogens is 444 g/mol. The molecule has 1 heterocycles. The Morgan fingerprint density at radius 3 is 2.62 bits per heavy atom. The van der Waals surface area contributed by atoms with E-state index in [-0.39, 0.29) is 21.9 Å². The number of nitrogens with one attached hydrogen (secondary N) is 2. The van der Waals surface area contributed by atoms with Gasteiger partial charge in [-0.2, -0.15) is 0 Å². The van der Waals surface area contributed by atoms with Gasteiger partial charge in [-0.1, -0.05) is 71.5 Å². The molecule has 0 fully saturated rings. The maximum absolute atomic E-state index is 12.6. The number of aromatic nitrogens is 2. The fourth-order valence-corrected chi connectivity index (χ4v) is 5.39. The van der Waals surface area contributed by atoms with Gasteiger partial charge in [0, 0.05) is 12.1 Å². The van der Waals surface area contributed by atoms with Crippen molar-refractivity contribution in [1.82, 2.24) is 14.9 Å². The van der Waals surface area contributed by atoms with Crippen LogP contribution >= 0.6 is 11.3 Å². The highest BCUT2D eigenvalue weighted by atomic mass is 32.2. The number of amides is 1. The fourth-order valence-electron chi connectivity index (χ4n) is 3.38. The molecule has 0 bridgehead atoms. The largest absolute Gasteiger partial charge is 0.296 e. The normalized spacial score (nSPS) is 11.5. The number of anilines is 1. The lowest BCUT2D eigenvalue weighted by molar-refractivity contribution is 0.102. The van der Waals surface area contributed by atoms with Crippen LogP contribution in [0.3, 0.4) is 0 Å². The van der Waals surface area contributed by atoms with Gasteiger partial charge >= 0.3 is 0 Å². The molecule has 0 radical (unpaired) electrons. The van der Waals surface area contributed by atoms with Crippen LogP contribution < -0.4 is 10.0 Å². The van der Waals surface area contributed by atoms with E-state index in [0.717, 1.165) is 23.3 Å². The highest BCUT2D eigenvalue weighted by Crippen LogP contribution is 2.22. The zero-order valence-electron chi connectivity index (χ0n) is 17.4. The summed E-state index contributed by atoms with van der Waals surface area (Å²) in [5.74, 6) is -0.364. The van der Waals surface area contributed by atoms with Gasteiger partial charge in [-0.05, 0) is 48.2 Å². The molecule has 2 N–H and O–H groups in total. The average Bonchev–Trinajstić information content (AvgIpc) is 3.26. The topological polar surface area (TPSA) is 101 Å². The molecule has 0 aliphatic rings. The van der Waals surface area contributed by atoms with Crippen molar-refractivity contribution in [2.45, 2.75) is 24.1 Å². The Labute approximate surface area is 190 Å². The summed E-state index contributed by atoms with van der Waals surface area (Å²) in [4.78, 5) is 12.3. The van der Waals surface area contributed by atoms with E-state index in [1.54, 1.807) is 18.2 Å². The van der Waals surface area contributed by atoms with Crippen LogP contribution in [0.5, 0.6) is 0 Å². The second-order valence-electron chi connectivity index (χ2n) is 7.34. The zero-order valence-corrected chi connectivity index (χ0v) is 19.0. The van der Waals surface area contributed by atoms with Gasteiger partial charge in [-0.25, -0.2) is 13.1 Å². The zero-order chi connectivity index (χ0) is 22.6. The van der Waals surface area contributed by atoms with Crippen molar-refractivity contribution in [3.63, 3.8) is 0 Å². The van der Waals surface area contributed by atoms with Gasteiger partial charge in [0.05, 0.1) is 0 Å². The first-order chi connectivity index (χ1) is 15.4. The summed E-state index contributed by atoms with van der Waals surface area (Å²) in [6, 6.07) is 21.4.